The van der Waals surface area contributed by atoms with Gasteiger partial charge in [0, 0.05) is 12.6 Å². The SMILES string of the molecule is CCC(CC)NC(=O)CNCCO. The zero-order valence-electron chi connectivity index (χ0n) is 8.47. The van der Waals surface area contributed by atoms with Crippen LogP contribution in [0.15, 0.2) is 0 Å². The number of aliphatic hydroxyl groups excluding tert-OH is 1. The zero-order valence-corrected chi connectivity index (χ0v) is 8.47. The van der Waals surface area contributed by atoms with Crippen molar-refractivity contribution in [3.8, 4) is 0 Å². The first-order chi connectivity index (χ1) is 6.24. The van der Waals surface area contributed by atoms with E-state index in [-0.39, 0.29) is 25.1 Å². The van der Waals surface area contributed by atoms with E-state index < -0.39 is 0 Å². The van der Waals surface area contributed by atoms with E-state index in [1.807, 2.05) is 0 Å². The van der Waals surface area contributed by atoms with E-state index >= 15 is 0 Å². The summed E-state index contributed by atoms with van der Waals surface area (Å²) in [6.45, 7) is 4.93. The Morgan fingerprint density at radius 1 is 1.38 bits per heavy atom. The second-order valence-electron chi connectivity index (χ2n) is 2.98. The molecule has 0 saturated carbocycles. The van der Waals surface area contributed by atoms with Crippen LogP contribution < -0.4 is 10.6 Å². The molecule has 0 spiro atoms. The third kappa shape index (κ3) is 6.54. The largest absolute Gasteiger partial charge is 0.395 e. The zero-order chi connectivity index (χ0) is 10.1. The number of nitrogens with one attached hydrogen (secondary N) is 2. The van der Waals surface area contributed by atoms with Crippen molar-refractivity contribution < 1.29 is 9.90 Å². The molecule has 13 heavy (non-hydrogen) atoms. The molecule has 0 heterocycles. The first kappa shape index (κ1) is 12.4. The third-order valence-corrected chi connectivity index (χ3v) is 1.92. The number of hydrogen-bond acceptors (Lipinski definition) is 3. The van der Waals surface area contributed by atoms with Gasteiger partial charge in [-0.1, -0.05) is 13.8 Å². The molecule has 0 radical (unpaired) electrons. The first-order valence-corrected chi connectivity index (χ1v) is 4.85. The normalized spacial score (nSPS) is 10.5. The topological polar surface area (TPSA) is 61.4 Å². The molecule has 0 aliphatic rings. The summed E-state index contributed by atoms with van der Waals surface area (Å²) in [6, 6.07) is 0.281. The Morgan fingerprint density at radius 2 is 2.00 bits per heavy atom. The molecule has 0 bridgehead atoms. The standard InChI is InChI=1S/C9H20N2O2/c1-3-8(4-2)11-9(13)7-10-5-6-12/h8,10,12H,3-7H2,1-2H3,(H,11,13). The van der Waals surface area contributed by atoms with E-state index in [9.17, 15) is 4.79 Å². The van der Waals surface area contributed by atoms with E-state index in [0.717, 1.165) is 12.8 Å². The van der Waals surface area contributed by atoms with Crippen molar-refractivity contribution in [3.63, 3.8) is 0 Å². The molecule has 1 amide bonds. The predicted octanol–water partition coefficient (Wildman–Crippen LogP) is -0.127. The quantitative estimate of drug-likeness (QED) is 0.488. The van der Waals surface area contributed by atoms with Crippen LogP contribution >= 0.6 is 0 Å². The highest BCUT2D eigenvalue weighted by atomic mass is 16.3. The van der Waals surface area contributed by atoms with Gasteiger partial charge >= 0.3 is 0 Å². The second-order valence-corrected chi connectivity index (χ2v) is 2.98. The van der Waals surface area contributed by atoms with Gasteiger partial charge in [0.2, 0.25) is 5.91 Å². The van der Waals surface area contributed by atoms with Crippen molar-refractivity contribution in [2.75, 3.05) is 19.7 Å². The van der Waals surface area contributed by atoms with Crippen LogP contribution in [0.5, 0.6) is 0 Å². The summed E-state index contributed by atoms with van der Waals surface area (Å²) in [5.41, 5.74) is 0. The first-order valence-electron chi connectivity index (χ1n) is 4.85. The highest BCUT2D eigenvalue weighted by molar-refractivity contribution is 5.78. The fourth-order valence-corrected chi connectivity index (χ4v) is 1.05. The molecule has 78 valence electrons. The lowest BCUT2D eigenvalue weighted by Crippen LogP contribution is -2.40. The molecule has 0 aromatic heterocycles. The van der Waals surface area contributed by atoms with Gasteiger partial charge < -0.3 is 15.7 Å². The molecule has 4 heteroatoms. The van der Waals surface area contributed by atoms with Crippen LogP contribution in [0.3, 0.4) is 0 Å². The Hall–Kier alpha value is -0.610. The van der Waals surface area contributed by atoms with Gasteiger partial charge in [-0.15, -0.1) is 0 Å². The summed E-state index contributed by atoms with van der Waals surface area (Å²) < 4.78 is 0. The summed E-state index contributed by atoms with van der Waals surface area (Å²) in [5, 5.41) is 14.2. The monoisotopic (exact) mass is 188 g/mol. The summed E-state index contributed by atoms with van der Waals surface area (Å²) in [5.74, 6) is 0.00199. The van der Waals surface area contributed by atoms with Crippen molar-refractivity contribution in [1.82, 2.24) is 10.6 Å². The summed E-state index contributed by atoms with van der Waals surface area (Å²) in [6.07, 6.45) is 1.92. The molecule has 0 aliphatic heterocycles. The van der Waals surface area contributed by atoms with Crippen LogP contribution in [0.25, 0.3) is 0 Å². The highest BCUT2D eigenvalue weighted by Gasteiger charge is 2.06. The smallest absolute Gasteiger partial charge is 0.234 e. The number of carbonyl (C=O) groups is 1. The van der Waals surface area contributed by atoms with Crippen LogP contribution in [0, 0.1) is 0 Å². The maximum atomic E-state index is 11.2. The van der Waals surface area contributed by atoms with Gasteiger partial charge in [0.15, 0.2) is 0 Å². The van der Waals surface area contributed by atoms with Crippen LogP contribution in [-0.2, 0) is 4.79 Å². The molecule has 0 aromatic rings. The molecule has 0 aromatic carbocycles. The number of aliphatic hydroxyl groups is 1. The Bertz CT molecular complexity index is 136. The Labute approximate surface area is 79.7 Å². The van der Waals surface area contributed by atoms with E-state index in [4.69, 9.17) is 5.11 Å². The van der Waals surface area contributed by atoms with Crippen molar-refractivity contribution in [2.24, 2.45) is 0 Å². The fraction of sp³-hybridized carbons (Fsp3) is 0.889. The van der Waals surface area contributed by atoms with Gasteiger partial charge in [0.25, 0.3) is 0 Å². The lowest BCUT2D eigenvalue weighted by Gasteiger charge is -2.14. The minimum atomic E-state index is 0.00199. The summed E-state index contributed by atoms with van der Waals surface area (Å²) >= 11 is 0. The van der Waals surface area contributed by atoms with E-state index in [1.165, 1.54) is 0 Å². The van der Waals surface area contributed by atoms with E-state index in [2.05, 4.69) is 24.5 Å². The maximum Gasteiger partial charge on any atom is 0.234 e. The van der Waals surface area contributed by atoms with E-state index in [0.29, 0.717) is 6.54 Å². The van der Waals surface area contributed by atoms with Gasteiger partial charge in [-0.3, -0.25) is 4.79 Å². The number of amides is 1. The molecule has 0 fully saturated rings. The molecule has 0 aliphatic carbocycles. The predicted molar refractivity (Wildman–Crippen MR) is 52.5 cm³/mol. The molecular formula is C9H20N2O2. The molecule has 0 unspecified atom stereocenters. The Balaban J connectivity index is 3.48. The van der Waals surface area contributed by atoms with Crippen molar-refractivity contribution in [2.45, 2.75) is 32.7 Å². The van der Waals surface area contributed by atoms with Crippen LogP contribution in [0.4, 0.5) is 0 Å². The molecule has 4 nitrogen and oxygen atoms in total. The number of carbonyl (C=O) groups excluding carboxylic acids is 1. The van der Waals surface area contributed by atoms with Gasteiger partial charge in [-0.25, -0.2) is 0 Å². The Morgan fingerprint density at radius 3 is 2.46 bits per heavy atom. The summed E-state index contributed by atoms with van der Waals surface area (Å²) in [4.78, 5) is 11.2. The molecule has 0 atom stereocenters. The molecule has 0 saturated heterocycles. The number of hydrogen-bond donors (Lipinski definition) is 3. The minimum absolute atomic E-state index is 0.00199. The molecule has 0 rings (SSSR count). The van der Waals surface area contributed by atoms with Gasteiger partial charge in [-0.05, 0) is 12.8 Å². The number of rotatable bonds is 7. The van der Waals surface area contributed by atoms with Crippen molar-refractivity contribution in [3.05, 3.63) is 0 Å². The lowest BCUT2D eigenvalue weighted by molar-refractivity contribution is -0.121. The lowest BCUT2D eigenvalue weighted by atomic mass is 10.2. The van der Waals surface area contributed by atoms with Crippen molar-refractivity contribution >= 4 is 5.91 Å². The van der Waals surface area contributed by atoms with Crippen molar-refractivity contribution in [1.29, 1.82) is 0 Å². The highest BCUT2D eigenvalue weighted by Crippen LogP contribution is 1.94. The second kappa shape index (κ2) is 8.01. The minimum Gasteiger partial charge on any atom is -0.395 e. The molecular weight excluding hydrogens is 168 g/mol. The molecule has 3 N–H and O–H groups in total. The van der Waals surface area contributed by atoms with Crippen LogP contribution in [0.1, 0.15) is 26.7 Å². The maximum absolute atomic E-state index is 11.2. The fourth-order valence-electron chi connectivity index (χ4n) is 1.05. The van der Waals surface area contributed by atoms with Crippen LogP contribution in [-0.4, -0.2) is 36.8 Å². The van der Waals surface area contributed by atoms with Gasteiger partial charge in [0.05, 0.1) is 13.2 Å². The van der Waals surface area contributed by atoms with E-state index in [1.54, 1.807) is 0 Å². The Kier molecular flexibility index (Phi) is 7.63. The average Bonchev–Trinajstić information content (AvgIpc) is 2.14. The van der Waals surface area contributed by atoms with Crippen LogP contribution in [0.2, 0.25) is 0 Å². The summed E-state index contributed by atoms with van der Waals surface area (Å²) in [7, 11) is 0. The van der Waals surface area contributed by atoms with Gasteiger partial charge in [0.1, 0.15) is 0 Å². The third-order valence-electron chi connectivity index (χ3n) is 1.92. The average molecular weight is 188 g/mol. The van der Waals surface area contributed by atoms with Gasteiger partial charge in [-0.2, -0.15) is 0 Å².